The predicted molar refractivity (Wildman–Crippen MR) is 77.8 cm³/mol. The quantitative estimate of drug-likeness (QED) is 0.882. The van der Waals surface area contributed by atoms with Gasteiger partial charge in [0.2, 0.25) is 0 Å². The van der Waals surface area contributed by atoms with Crippen LogP contribution in [0.5, 0.6) is 5.75 Å². The molecule has 0 heterocycles. The Labute approximate surface area is 124 Å². The second-order valence-electron chi connectivity index (χ2n) is 4.18. The van der Waals surface area contributed by atoms with Crippen molar-refractivity contribution in [2.45, 2.75) is 11.8 Å². The van der Waals surface area contributed by atoms with Crippen LogP contribution >= 0.6 is 15.9 Å². The SMILES string of the molecule is Cc1cc(Br)c(F)cc1NS(=O)(=O)c1cccc(O)c1. The molecular formula is C13H11BrFNO3S. The van der Waals surface area contributed by atoms with E-state index in [1.54, 1.807) is 6.92 Å². The van der Waals surface area contributed by atoms with E-state index < -0.39 is 15.8 Å². The van der Waals surface area contributed by atoms with Crippen molar-refractivity contribution in [3.05, 3.63) is 52.3 Å². The molecule has 0 aliphatic carbocycles. The predicted octanol–water partition coefficient (Wildman–Crippen LogP) is 3.40. The second-order valence-corrected chi connectivity index (χ2v) is 6.72. The summed E-state index contributed by atoms with van der Waals surface area (Å²) in [4.78, 5) is -0.0970. The topological polar surface area (TPSA) is 66.4 Å². The van der Waals surface area contributed by atoms with Crippen LogP contribution in [0.4, 0.5) is 10.1 Å². The maximum Gasteiger partial charge on any atom is 0.262 e. The number of anilines is 1. The van der Waals surface area contributed by atoms with Crippen LogP contribution in [0, 0.1) is 12.7 Å². The Morgan fingerprint density at radius 3 is 2.60 bits per heavy atom. The zero-order valence-electron chi connectivity index (χ0n) is 10.4. The first-order chi connectivity index (χ1) is 9.29. The van der Waals surface area contributed by atoms with Crippen LogP contribution in [-0.2, 0) is 10.0 Å². The Morgan fingerprint density at radius 1 is 1.25 bits per heavy atom. The number of phenols is 1. The highest BCUT2D eigenvalue weighted by Crippen LogP contribution is 2.26. The zero-order valence-corrected chi connectivity index (χ0v) is 12.8. The van der Waals surface area contributed by atoms with Gasteiger partial charge in [-0.25, -0.2) is 12.8 Å². The molecule has 7 heteroatoms. The Kier molecular flexibility index (Phi) is 4.01. The van der Waals surface area contributed by atoms with Crippen LogP contribution in [0.15, 0.2) is 45.8 Å². The van der Waals surface area contributed by atoms with Crippen molar-refractivity contribution in [2.24, 2.45) is 0 Å². The molecule has 0 atom stereocenters. The largest absolute Gasteiger partial charge is 0.508 e. The first-order valence-corrected chi connectivity index (χ1v) is 7.85. The number of hydrogen-bond donors (Lipinski definition) is 2. The van der Waals surface area contributed by atoms with E-state index in [4.69, 9.17) is 0 Å². The van der Waals surface area contributed by atoms with Gasteiger partial charge in [-0.1, -0.05) is 6.07 Å². The minimum Gasteiger partial charge on any atom is -0.508 e. The third-order valence-electron chi connectivity index (χ3n) is 2.64. The normalized spacial score (nSPS) is 11.3. The lowest BCUT2D eigenvalue weighted by atomic mass is 10.2. The lowest BCUT2D eigenvalue weighted by Crippen LogP contribution is -2.14. The second kappa shape index (κ2) is 5.41. The molecule has 2 rings (SSSR count). The number of halogens is 2. The lowest BCUT2D eigenvalue weighted by molar-refractivity contribution is 0.473. The average molecular weight is 360 g/mol. The van der Waals surface area contributed by atoms with Gasteiger partial charge in [0.05, 0.1) is 15.1 Å². The Bertz CT molecular complexity index is 762. The first-order valence-electron chi connectivity index (χ1n) is 5.57. The number of aromatic hydroxyl groups is 1. The summed E-state index contributed by atoms with van der Waals surface area (Å²) in [5.41, 5.74) is 0.719. The van der Waals surface area contributed by atoms with Crippen molar-refractivity contribution >= 4 is 31.6 Å². The number of hydrogen-bond acceptors (Lipinski definition) is 3. The monoisotopic (exact) mass is 359 g/mol. The molecule has 0 fully saturated rings. The molecule has 0 aromatic heterocycles. The van der Waals surface area contributed by atoms with Crippen LogP contribution < -0.4 is 4.72 Å². The maximum absolute atomic E-state index is 13.5. The summed E-state index contributed by atoms with van der Waals surface area (Å²) < 4.78 is 40.3. The molecule has 0 aliphatic rings. The Morgan fingerprint density at radius 2 is 1.95 bits per heavy atom. The average Bonchev–Trinajstić information content (AvgIpc) is 2.36. The highest BCUT2D eigenvalue weighted by Gasteiger charge is 2.17. The van der Waals surface area contributed by atoms with Crippen molar-refractivity contribution in [1.29, 1.82) is 0 Å². The van der Waals surface area contributed by atoms with Crippen LogP contribution in [0.25, 0.3) is 0 Å². The number of rotatable bonds is 3. The molecule has 2 aromatic carbocycles. The van der Waals surface area contributed by atoms with E-state index in [1.165, 1.54) is 24.3 Å². The van der Waals surface area contributed by atoms with Crippen LogP contribution in [0.3, 0.4) is 0 Å². The highest BCUT2D eigenvalue weighted by atomic mass is 79.9. The van der Waals surface area contributed by atoms with Crippen molar-refractivity contribution in [3.8, 4) is 5.75 Å². The summed E-state index contributed by atoms with van der Waals surface area (Å²) in [6.07, 6.45) is 0. The maximum atomic E-state index is 13.5. The summed E-state index contributed by atoms with van der Waals surface area (Å²) in [6.45, 7) is 1.66. The number of nitrogens with one attached hydrogen (secondary N) is 1. The molecule has 0 unspecified atom stereocenters. The summed E-state index contributed by atoms with van der Waals surface area (Å²) in [5, 5.41) is 9.32. The van der Waals surface area contributed by atoms with Gasteiger partial charge < -0.3 is 5.11 Å². The third kappa shape index (κ3) is 3.10. The fraction of sp³-hybridized carbons (Fsp3) is 0.0769. The molecule has 0 saturated heterocycles. The van der Waals surface area contributed by atoms with E-state index >= 15 is 0 Å². The fourth-order valence-electron chi connectivity index (χ4n) is 1.61. The zero-order chi connectivity index (χ0) is 14.9. The molecule has 0 spiro atoms. The molecule has 0 amide bonds. The number of sulfonamides is 1. The van der Waals surface area contributed by atoms with Crippen LogP contribution in [0.1, 0.15) is 5.56 Å². The smallest absolute Gasteiger partial charge is 0.262 e. The summed E-state index contributed by atoms with van der Waals surface area (Å²) in [7, 11) is -3.88. The lowest BCUT2D eigenvalue weighted by Gasteiger charge is -2.11. The number of aryl methyl sites for hydroxylation is 1. The third-order valence-corrected chi connectivity index (χ3v) is 4.61. The van der Waals surface area contributed by atoms with Crippen LogP contribution in [0.2, 0.25) is 0 Å². The molecular weight excluding hydrogens is 349 g/mol. The standard InChI is InChI=1S/C13H11BrFNO3S/c1-8-5-11(14)12(15)7-13(8)16-20(18,19)10-4-2-3-9(17)6-10/h2-7,16-17H,1H3. The first kappa shape index (κ1) is 14.8. The molecule has 20 heavy (non-hydrogen) atoms. The Balaban J connectivity index is 2.41. The van der Waals surface area contributed by atoms with E-state index in [1.807, 2.05) is 0 Å². The molecule has 0 aliphatic heterocycles. The van der Waals surface area contributed by atoms with E-state index in [0.29, 0.717) is 5.56 Å². The molecule has 0 saturated carbocycles. The summed E-state index contributed by atoms with van der Waals surface area (Å²) in [5.74, 6) is -0.726. The van der Waals surface area contributed by atoms with Gasteiger partial charge in [0, 0.05) is 6.07 Å². The van der Waals surface area contributed by atoms with Gasteiger partial charge in [-0.3, -0.25) is 4.72 Å². The molecule has 0 radical (unpaired) electrons. The molecule has 0 bridgehead atoms. The minimum absolute atomic E-state index is 0.0970. The van der Waals surface area contributed by atoms with Gasteiger partial charge in [0.15, 0.2) is 0 Å². The summed E-state index contributed by atoms with van der Waals surface area (Å²) in [6, 6.07) is 7.82. The number of benzene rings is 2. The number of phenolic OH excluding ortho intramolecular Hbond substituents is 1. The van der Waals surface area contributed by atoms with E-state index in [-0.39, 0.29) is 20.8 Å². The highest BCUT2D eigenvalue weighted by molar-refractivity contribution is 9.10. The van der Waals surface area contributed by atoms with E-state index in [0.717, 1.165) is 12.1 Å². The van der Waals surface area contributed by atoms with Crippen molar-refractivity contribution in [3.63, 3.8) is 0 Å². The van der Waals surface area contributed by atoms with Crippen molar-refractivity contribution in [1.82, 2.24) is 0 Å². The van der Waals surface area contributed by atoms with Gasteiger partial charge in [-0.15, -0.1) is 0 Å². The van der Waals surface area contributed by atoms with E-state index in [9.17, 15) is 17.9 Å². The Hall–Kier alpha value is -1.60. The van der Waals surface area contributed by atoms with Gasteiger partial charge >= 0.3 is 0 Å². The molecule has 2 aromatic rings. The van der Waals surface area contributed by atoms with Gasteiger partial charge in [-0.05, 0) is 52.7 Å². The van der Waals surface area contributed by atoms with E-state index in [2.05, 4.69) is 20.7 Å². The minimum atomic E-state index is -3.88. The molecule has 106 valence electrons. The van der Waals surface area contributed by atoms with Gasteiger partial charge in [0.25, 0.3) is 10.0 Å². The van der Waals surface area contributed by atoms with Gasteiger partial charge in [-0.2, -0.15) is 0 Å². The molecule has 4 nitrogen and oxygen atoms in total. The molecule has 2 N–H and O–H groups in total. The van der Waals surface area contributed by atoms with Gasteiger partial charge in [0.1, 0.15) is 11.6 Å². The van der Waals surface area contributed by atoms with Crippen molar-refractivity contribution < 1.29 is 17.9 Å². The van der Waals surface area contributed by atoms with Crippen LogP contribution in [-0.4, -0.2) is 13.5 Å². The summed E-state index contributed by atoms with van der Waals surface area (Å²) >= 11 is 3.03. The van der Waals surface area contributed by atoms with Crippen molar-refractivity contribution in [2.75, 3.05) is 4.72 Å². The fourth-order valence-corrected chi connectivity index (χ4v) is 3.23.